The van der Waals surface area contributed by atoms with Crippen LogP contribution in [0.1, 0.15) is 5.56 Å². The fourth-order valence-corrected chi connectivity index (χ4v) is 2.17. The standard InChI is InChI=1S/C14H14BrFN2/c1-18(12-6-3-5-11(17)8-12)9-10-4-2-7-13(16)14(10)15/h2-8H,9,17H2,1H3. The fourth-order valence-electron chi connectivity index (χ4n) is 1.78. The Morgan fingerprint density at radius 1 is 1.22 bits per heavy atom. The molecule has 0 fully saturated rings. The van der Waals surface area contributed by atoms with E-state index in [0.29, 0.717) is 11.0 Å². The molecule has 0 aliphatic rings. The highest BCUT2D eigenvalue weighted by Crippen LogP contribution is 2.24. The zero-order valence-electron chi connectivity index (χ0n) is 10.0. The summed E-state index contributed by atoms with van der Waals surface area (Å²) < 4.78 is 13.9. The maximum absolute atomic E-state index is 13.4. The Bertz CT molecular complexity index is 557. The second-order valence-corrected chi connectivity index (χ2v) is 4.96. The van der Waals surface area contributed by atoms with E-state index in [1.165, 1.54) is 6.07 Å². The molecule has 0 heterocycles. The fraction of sp³-hybridized carbons (Fsp3) is 0.143. The first kappa shape index (κ1) is 12.9. The first-order valence-electron chi connectivity index (χ1n) is 5.57. The number of hydrogen-bond acceptors (Lipinski definition) is 2. The van der Waals surface area contributed by atoms with Crippen LogP contribution in [0.15, 0.2) is 46.9 Å². The van der Waals surface area contributed by atoms with Gasteiger partial charge in [0.25, 0.3) is 0 Å². The van der Waals surface area contributed by atoms with Gasteiger partial charge in [0, 0.05) is 25.0 Å². The van der Waals surface area contributed by atoms with Crippen molar-refractivity contribution in [3.05, 3.63) is 58.3 Å². The molecule has 2 nitrogen and oxygen atoms in total. The third-order valence-electron chi connectivity index (χ3n) is 2.75. The van der Waals surface area contributed by atoms with Crippen molar-refractivity contribution in [2.75, 3.05) is 17.7 Å². The van der Waals surface area contributed by atoms with E-state index in [0.717, 1.165) is 16.9 Å². The van der Waals surface area contributed by atoms with Gasteiger partial charge in [-0.1, -0.05) is 18.2 Å². The highest BCUT2D eigenvalue weighted by Gasteiger charge is 2.08. The van der Waals surface area contributed by atoms with E-state index in [9.17, 15) is 4.39 Å². The predicted molar refractivity (Wildman–Crippen MR) is 77.1 cm³/mol. The lowest BCUT2D eigenvalue weighted by atomic mass is 10.2. The van der Waals surface area contributed by atoms with Crippen LogP contribution in [0.2, 0.25) is 0 Å². The van der Waals surface area contributed by atoms with Gasteiger partial charge in [0.1, 0.15) is 5.82 Å². The zero-order chi connectivity index (χ0) is 13.1. The number of hydrogen-bond donors (Lipinski definition) is 1. The largest absolute Gasteiger partial charge is 0.399 e. The average molecular weight is 309 g/mol. The van der Waals surface area contributed by atoms with E-state index in [2.05, 4.69) is 15.9 Å². The summed E-state index contributed by atoms with van der Waals surface area (Å²) in [6.07, 6.45) is 0. The normalized spacial score (nSPS) is 10.4. The number of anilines is 2. The van der Waals surface area contributed by atoms with E-state index in [-0.39, 0.29) is 5.82 Å². The minimum Gasteiger partial charge on any atom is -0.399 e. The number of benzene rings is 2. The van der Waals surface area contributed by atoms with E-state index >= 15 is 0 Å². The summed E-state index contributed by atoms with van der Waals surface area (Å²) in [5, 5.41) is 0. The summed E-state index contributed by atoms with van der Waals surface area (Å²) >= 11 is 3.27. The van der Waals surface area contributed by atoms with Crippen LogP contribution in [0.4, 0.5) is 15.8 Å². The maximum atomic E-state index is 13.4. The number of rotatable bonds is 3. The Hall–Kier alpha value is -1.55. The van der Waals surface area contributed by atoms with Crippen LogP contribution < -0.4 is 10.6 Å². The van der Waals surface area contributed by atoms with Gasteiger partial charge < -0.3 is 10.6 Å². The van der Waals surface area contributed by atoms with Crippen molar-refractivity contribution in [3.63, 3.8) is 0 Å². The summed E-state index contributed by atoms with van der Waals surface area (Å²) in [5.74, 6) is -0.242. The molecule has 0 unspecified atom stereocenters. The molecule has 2 aromatic carbocycles. The van der Waals surface area contributed by atoms with E-state index < -0.39 is 0 Å². The quantitative estimate of drug-likeness (QED) is 0.874. The van der Waals surface area contributed by atoms with Gasteiger partial charge in [-0.15, -0.1) is 0 Å². The first-order valence-corrected chi connectivity index (χ1v) is 6.37. The van der Waals surface area contributed by atoms with Crippen molar-refractivity contribution in [2.45, 2.75) is 6.54 Å². The highest BCUT2D eigenvalue weighted by molar-refractivity contribution is 9.10. The highest BCUT2D eigenvalue weighted by atomic mass is 79.9. The van der Waals surface area contributed by atoms with Crippen molar-refractivity contribution >= 4 is 27.3 Å². The molecule has 0 aromatic heterocycles. The molecule has 0 radical (unpaired) electrons. The summed E-state index contributed by atoms with van der Waals surface area (Å²) in [4.78, 5) is 2.02. The molecule has 2 N–H and O–H groups in total. The molecule has 0 spiro atoms. The van der Waals surface area contributed by atoms with Gasteiger partial charge in [0.05, 0.1) is 4.47 Å². The summed E-state index contributed by atoms with van der Waals surface area (Å²) in [6, 6.07) is 12.7. The first-order chi connectivity index (χ1) is 8.58. The van der Waals surface area contributed by atoms with Gasteiger partial charge in [-0.2, -0.15) is 0 Å². The molecule has 0 saturated heterocycles. The molecule has 18 heavy (non-hydrogen) atoms. The molecular weight excluding hydrogens is 295 g/mol. The number of halogens is 2. The Labute approximate surface area is 114 Å². The van der Waals surface area contributed by atoms with Crippen LogP contribution >= 0.6 is 15.9 Å². The van der Waals surface area contributed by atoms with Gasteiger partial charge in [-0.05, 0) is 45.8 Å². The van der Waals surface area contributed by atoms with Crippen molar-refractivity contribution < 1.29 is 4.39 Å². The Morgan fingerprint density at radius 3 is 2.67 bits per heavy atom. The van der Waals surface area contributed by atoms with E-state index in [1.807, 2.05) is 42.3 Å². The molecular formula is C14H14BrFN2. The Morgan fingerprint density at radius 2 is 1.94 bits per heavy atom. The lowest BCUT2D eigenvalue weighted by Crippen LogP contribution is -2.17. The lowest BCUT2D eigenvalue weighted by molar-refractivity contribution is 0.617. The van der Waals surface area contributed by atoms with Gasteiger partial charge >= 0.3 is 0 Å². The second kappa shape index (κ2) is 5.40. The third kappa shape index (κ3) is 2.82. The Balaban J connectivity index is 2.21. The van der Waals surface area contributed by atoms with Gasteiger partial charge in [-0.3, -0.25) is 0 Å². The number of nitrogens with two attached hydrogens (primary N) is 1. The van der Waals surface area contributed by atoms with Gasteiger partial charge in [-0.25, -0.2) is 4.39 Å². The second-order valence-electron chi connectivity index (χ2n) is 4.16. The van der Waals surface area contributed by atoms with Gasteiger partial charge in [0.2, 0.25) is 0 Å². The van der Waals surface area contributed by atoms with Crippen LogP contribution in [-0.2, 0) is 6.54 Å². The summed E-state index contributed by atoms with van der Waals surface area (Å²) in [5.41, 5.74) is 8.38. The molecule has 0 amide bonds. The molecule has 94 valence electrons. The summed E-state index contributed by atoms with van der Waals surface area (Å²) in [6.45, 7) is 0.613. The van der Waals surface area contributed by atoms with Crippen LogP contribution in [0.3, 0.4) is 0 Å². The molecule has 4 heteroatoms. The van der Waals surface area contributed by atoms with Crippen LogP contribution in [0.5, 0.6) is 0 Å². The lowest BCUT2D eigenvalue weighted by Gasteiger charge is -2.20. The third-order valence-corrected chi connectivity index (χ3v) is 3.64. The van der Waals surface area contributed by atoms with Gasteiger partial charge in [0.15, 0.2) is 0 Å². The average Bonchev–Trinajstić information content (AvgIpc) is 2.35. The summed E-state index contributed by atoms with van der Waals surface area (Å²) in [7, 11) is 1.95. The predicted octanol–water partition coefficient (Wildman–Crippen LogP) is 3.81. The van der Waals surface area contributed by atoms with Crippen molar-refractivity contribution in [3.8, 4) is 0 Å². The molecule has 2 rings (SSSR count). The zero-order valence-corrected chi connectivity index (χ0v) is 11.6. The molecule has 0 atom stereocenters. The molecule has 0 bridgehead atoms. The number of nitrogens with zero attached hydrogens (tertiary/aromatic N) is 1. The van der Waals surface area contributed by atoms with Crippen molar-refractivity contribution in [1.29, 1.82) is 0 Å². The van der Waals surface area contributed by atoms with Crippen molar-refractivity contribution in [2.24, 2.45) is 0 Å². The van der Waals surface area contributed by atoms with Crippen LogP contribution in [0.25, 0.3) is 0 Å². The Kier molecular flexibility index (Phi) is 3.87. The smallest absolute Gasteiger partial charge is 0.137 e. The molecule has 0 saturated carbocycles. The maximum Gasteiger partial charge on any atom is 0.137 e. The minimum atomic E-state index is -0.242. The van der Waals surface area contributed by atoms with Crippen LogP contribution in [0, 0.1) is 5.82 Å². The minimum absolute atomic E-state index is 0.242. The van der Waals surface area contributed by atoms with Crippen LogP contribution in [-0.4, -0.2) is 7.05 Å². The SMILES string of the molecule is CN(Cc1cccc(F)c1Br)c1cccc(N)c1. The van der Waals surface area contributed by atoms with E-state index in [4.69, 9.17) is 5.73 Å². The molecule has 0 aliphatic carbocycles. The molecule has 2 aromatic rings. The molecule has 0 aliphatic heterocycles. The number of nitrogen functional groups attached to an aromatic ring is 1. The van der Waals surface area contributed by atoms with E-state index in [1.54, 1.807) is 6.07 Å². The monoisotopic (exact) mass is 308 g/mol. The topological polar surface area (TPSA) is 29.3 Å². The van der Waals surface area contributed by atoms with Crippen molar-refractivity contribution in [1.82, 2.24) is 0 Å².